The smallest absolute Gasteiger partial charge is 0.453 e. The Morgan fingerprint density at radius 2 is 1.72 bits per heavy atom. The molecule has 2 atom stereocenters. The molecule has 3 heterocycles. The topological polar surface area (TPSA) is 105 Å². The Balaban J connectivity index is 0.00000423. The van der Waals surface area contributed by atoms with Crippen molar-refractivity contribution in [1.82, 2.24) is 35.3 Å². The van der Waals surface area contributed by atoms with E-state index in [1.54, 1.807) is 24.0 Å². The van der Waals surface area contributed by atoms with E-state index < -0.39 is 12.0 Å². The van der Waals surface area contributed by atoms with Gasteiger partial charge in [0.25, 0.3) is 5.82 Å². The number of nitrogens with one attached hydrogen (secondary N) is 1. The Bertz CT molecular complexity index is 1400. The molecule has 2 fully saturated rings. The van der Waals surface area contributed by atoms with Crippen molar-refractivity contribution in [2.75, 3.05) is 33.3 Å². The fourth-order valence-corrected chi connectivity index (χ4v) is 5.95. The number of carbonyl (C=O) groups is 2. The number of hydrogen-bond acceptors (Lipinski definition) is 7. The number of amides is 2. The third-order valence-electron chi connectivity index (χ3n) is 8.23. The van der Waals surface area contributed by atoms with Gasteiger partial charge in [-0.2, -0.15) is 17.9 Å². The van der Waals surface area contributed by atoms with Crippen LogP contribution in [0.15, 0.2) is 48.5 Å². The van der Waals surface area contributed by atoms with Crippen molar-refractivity contribution in [3.8, 4) is 11.4 Å². The number of likely N-dealkylation sites (tertiary alicyclic amines) is 2. The zero-order chi connectivity index (χ0) is 29.9. The third kappa shape index (κ3) is 7.27. The first-order valence-corrected chi connectivity index (χ1v) is 14.0. The van der Waals surface area contributed by atoms with E-state index in [2.05, 4.69) is 33.0 Å². The SMILES string of the molecule is COc1ccc(-n2nnnc2C(F)(F)F)cc1CN[C@@H]1CCN(C(=O)C2CCN(C(C)=O)CC2)C[C@H]1c1ccccc1.Cl. The van der Waals surface area contributed by atoms with Crippen LogP contribution in [-0.2, 0) is 22.3 Å². The number of ether oxygens (including phenoxy) is 1. The largest absolute Gasteiger partial charge is 0.496 e. The van der Waals surface area contributed by atoms with E-state index in [9.17, 15) is 22.8 Å². The van der Waals surface area contributed by atoms with Crippen LogP contribution in [-0.4, -0.2) is 81.2 Å². The number of methoxy groups -OCH3 is 1. The Morgan fingerprint density at radius 1 is 1.02 bits per heavy atom. The number of benzene rings is 2. The summed E-state index contributed by atoms with van der Waals surface area (Å²) >= 11 is 0. The molecule has 10 nitrogen and oxygen atoms in total. The van der Waals surface area contributed by atoms with Gasteiger partial charge in [-0.25, -0.2) is 0 Å². The van der Waals surface area contributed by atoms with Gasteiger partial charge < -0.3 is 19.9 Å². The van der Waals surface area contributed by atoms with Crippen LogP contribution in [0, 0.1) is 5.92 Å². The van der Waals surface area contributed by atoms with Gasteiger partial charge in [-0.1, -0.05) is 30.3 Å². The summed E-state index contributed by atoms with van der Waals surface area (Å²) in [6, 6.07) is 14.7. The summed E-state index contributed by atoms with van der Waals surface area (Å²) in [5, 5.41) is 13.5. The van der Waals surface area contributed by atoms with Crippen LogP contribution in [0.5, 0.6) is 5.75 Å². The van der Waals surface area contributed by atoms with Crippen molar-refractivity contribution >= 4 is 24.2 Å². The van der Waals surface area contributed by atoms with Crippen LogP contribution in [0.4, 0.5) is 13.2 Å². The van der Waals surface area contributed by atoms with Crippen LogP contribution in [0.25, 0.3) is 5.69 Å². The van der Waals surface area contributed by atoms with Crippen molar-refractivity contribution in [2.24, 2.45) is 5.92 Å². The van der Waals surface area contributed by atoms with Gasteiger partial charge in [0.15, 0.2) is 0 Å². The number of aromatic nitrogens is 4. The van der Waals surface area contributed by atoms with Crippen LogP contribution < -0.4 is 10.1 Å². The Kier molecular flexibility index (Phi) is 10.3. The quantitative estimate of drug-likeness (QED) is 0.427. The molecule has 2 saturated heterocycles. The molecule has 2 amide bonds. The molecular weight excluding hydrogens is 587 g/mol. The minimum atomic E-state index is -4.71. The van der Waals surface area contributed by atoms with Gasteiger partial charge in [-0.05, 0) is 53.5 Å². The lowest BCUT2D eigenvalue weighted by molar-refractivity contribution is -0.146. The van der Waals surface area contributed by atoms with E-state index >= 15 is 0 Å². The van der Waals surface area contributed by atoms with E-state index in [4.69, 9.17) is 4.74 Å². The number of nitrogens with zero attached hydrogens (tertiary/aromatic N) is 6. The number of rotatable bonds is 7. The Morgan fingerprint density at radius 3 is 2.37 bits per heavy atom. The number of piperidine rings is 2. The zero-order valence-electron chi connectivity index (χ0n) is 24.0. The summed E-state index contributed by atoms with van der Waals surface area (Å²) in [6.07, 6.45) is -2.68. The molecule has 0 bridgehead atoms. The minimum absolute atomic E-state index is 0. The van der Waals surface area contributed by atoms with Crippen molar-refractivity contribution in [3.05, 3.63) is 65.5 Å². The Hall–Kier alpha value is -3.71. The predicted molar refractivity (Wildman–Crippen MR) is 154 cm³/mol. The van der Waals surface area contributed by atoms with Gasteiger partial charge in [0.05, 0.1) is 12.8 Å². The van der Waals surface area contributed by atoms with Gasteiger partial charge in [-0.15, -0.1) is 17.5 Å². The van der Waals surface area contributed by atoms with Gasteiger partial charge in [0.2, 0.25) is 11.8 Å². The summed E-state index contributed by atoms with van der Waals surface area (Å²) < 4.78 is 46.4. The first-order valence-electron chi connectivity index (χ1n) is 14.0. The Labute approximate surface area is 254 Å². The lowest BCUT2D eigenvalue weighted by atomic mass is 9.84. The van der Waals surface area contributed by atoms with Gasteiger partial charge in [0.1, 0.15) is 5.75 Å². The standard InChI is InChI=1S/C29H34F3N7O3.ClH/c1-19(40)37-13-10-21(11-14-37)27(41)38-15-12-25(24(18-38)20-6-4-3-5-7-20)33-17-22-16-23(8-9-26(22)42-2)39-28(29(30,31)32)34-35-36-39;/h3-9,16,21,24-25,33H,10-15,17-18H2,1-2H3;1H/t24-,25+;/m0./s1. The summed E-state index contributed by atoms with van der Waals surface area (Å²) in [5.74, 6) is -0.603. The maximum Gasteiger partial charge on any atom is 0.453 e. The maximum atomic E-state index is 13.5. The van der Waals surface area contributed by atoms with Crippen molar-refractivity contribution in [2.45, 2.75) is 50.9 Å². The van der Waals surface area contributed by atoms with Crippen LogP contribution in [0.2, 0.25) is 0 Å². The normalized spacial score (nSPS) is 19.6. The lowest BCUT2D eigenvalue weighted by Crippen LogP contribution is -2.52. The summed E-state index contributed by atoms with van der Waals surface area (Å²) in [7, 11) is 1.51. The molecule has 0 radical (unpaired) electrons. The first kappa shape index (κ1) is 32.2. The van der Waals surface area contributed by atoms with Gasteiger partial charge >= 0.3 is 6.18 Å². The molecule has 3 aromatic rings. The van der Waals surface area contributed by atoms with Crippen LogP contribution in [0.3, 0.4) is 0 Å². The van der Waals surface area contributed by atoms with Crippen molar-refractivity contribution in [1.29, 1.82) is 0 Å². The van der Waals surface area contributed by atoms with Gasteiger partial charge in [-0.3, -0.25) is 9.59 Å². The van der Waals surface area contributed by atoms with Gasteiger partial charge in [0, 0.05) is 63.1 Å². The summed E-state index contributed by atoms with van der Waals surface area (Å²) in [4.78, 5) is 29.0. The number of hydrogen-bond donors (Lipinski definition) is 1. The van der Waals surface area contributed by atoms with Crippen LogP contribution >= 0.6 is 12.4 Å². The highest BCUT2D eigenvalue weighted by atomic mass is 35.5. The lowest BCUT2D eigenvalue weighted by Gasteiger charge is -2.41. The monoisotopic (exact) mass is 621 g/mol. The minimum Gasteiger partial charge on any atom is -0.496 e. The van der Waals surface area contributed by atoms with Crippen LogP contribution in [0.1, 0.15) is 49.1 Å². The highest BCUT2D eigenvalue weighted by molar-refractivity contribution is 5.85. The van der Waals surface area contributed by atoms with E-state index in [0.717, 1.165) is 5.56 Å². The molecule has 1 N–H and O–H groups in total. The number of carbonyl (C=O) groups excluding carboxylic acids is 2. The molecule has 0 unspecified atom stereocenters. The summed E-state index contributed by atoms with van der Waals surface area (Å²) in [6.45, 7) is 4.21. The number of alkyl halides is 3. The fourth-order valence-electron chi connectivity index (χ4n) is 5.95. The average molecular weight is 622 g/mol. The van der Waals surface area contributed by atoms with E-state index in [0.29, 0.717) is 68.0 Å². The van der Waals surface area contributed by atoms with E-state index in [1.165, 1.54) is 13.2 Å². The molecule has 0 aliphatic carbocycles. The highest BCUT2D eigenvalue weighted by Gasteiger charge is 2.39. The molecule has 0 saturated carbocycles. The van der Waals surface area contributed by atoms with E-state index in [1.807, 2.05) is 23.1 Å². The molecule has 14 heteroatoms. The van der Waals surface area contributed by atoms with E-state index in [-0.39, 0.29) is 47.8 Å². The molecule has 2 aliphatic heterocycles. The second-order valence-corrected chi connectivity index (χ2v) is 10.8. The predicted octanol–water partition coefficient (Wildman–Crippen LogP) is 3.84. The fraction of sp³-hybridized carbons (Fsp3) is 0.483. The molecule has 5 rings (SSSR count). The molecule has 0 spiro atoms. The van der Waals surface area contributed by atoms with Crippen molar-refractivity contribution < 1.29 is 27.5 Å². The molecule has 2 aromatic carbocycles. The first-order chi connectivity index (χ1) is 20.2. The van der Waals surface area contributed by atoms with Crippen molar-refractivity contribution in [3.63, 3.8) is 0 Å². The molecule has 2 aliphatic rings. The highest BCUT2D eigenvalue weighted by Crippen LogP contribution is 2.32. The average Bonchev–Trinajstić information content (AvgIpc) is 3.51. The second-order valence-electron chi connectivity index (χ2n) is 10.8. The molecule has 43 heavy (non-hydrogen) atoms. The number of tetrazole rings is 1. The maximum absolute atomic E-state index is 13.5. The third-order valence-corrected chi connectivity index (χ3v) is 8.23. The molecule has 1 aromatic heterocycles. The number of halogens is 4. The molecular formula is C29H35ClF3N7O3. The zero-order valence-corrected chi connectivity index (χ0v) is 24.8. The molecule has 232 valence electrons. The summed E-state index contributed by atoms with van der Waals surface area (Å²) in [5.41, 5.74) is 1.92. The second kappa shape index (κ2) is 13.7.